The summed E-state index contributed by atoms with van der Waals surface area (Å²) >= 11 is 0. The quantitative estimate of drug-likeness (QED) is 0.811. The van der Waals surface area contributed by atoms with Gasteiger partial charge >= 0.3 is 0 Å². The number of rotatable bonds is 5. The zero-order valence-corrected chi connectivity index (χ0v) is 11.8. The summed E-state index contributed by atoms with van der Waals surface area (Å²) in [5, 5.41) is 2.91. The van der Waals surface area contributed by atoms with Gasteiger partial charge in [0.25, 0.3) is 0 Å². The Kier molecular flexibility index (Phi) is 5.11. The van der Waals surface area contributed by atoms with Gasteiger partial charge in [0.1, 0.15) is 0 Å². The molecule has 0 bridgehead atoms. The Bertz CT molecular complexity index is 358. The maximum absolute atomic E-state index is 12.2. The second-order valence-electron chi connectivity index (χ2n) is 5.16. The Morgan fingerprint density at radius 2 is 2.11 bits per heavy atom. The van der Waals surface area contributed by atoms with E-state index in [9.17, 15) is 4.79 Å². The molecule has 18 heavy (non-hydrogen) atoms. The van der Waals surface area contributed by atoms with Gasteiger partial charge in [0.15, 0.2) is 0 Å². The summed E-state index contributed by atoms with van der Waals surface area (Å²) in [7, 11) is 3.26. The predicted octanol–water partition coefficient (Wildman–Crippen LogP) is 1.67. The molecular weight excluding hydrogens is 230 g/mol. The minimum Gasteiger partial charge on any atom is -0.377 e. The summed E-state index contributed by atoms with van der Waals surface area (Å²) in [5.41, 5.74) is 0.702. The highest BCUT2D eigenvalue weighted by molar-refractivity contribution is 5.82. The zero-order valence-electron chi connectivity index (χ0n) is 11.8. The molecule has 0 fully saturated rings. The Labute approximate surface area is 109 Å². The van der Waals surface area contributed by atoms with Gasteiger partial charge in [-0.1, -0.05) is 18.2 Å². The Morgan fingerprint density at radius 3 is 2.67 bits per heavy atom. The maximum Gasteiger partial charge on any atom is 0.230 e. The molecule has 0 aliphatic heterocycles. The van der Waals surface area contributed by atoms with Crippen LogP contribution in [-0.2, 0) is 14.3 Å². The van der Waals surface area contributed by atoms with Crippen LogP contribution >= 0.6 is 0 Å². The first-order valence-corrected chi connectivity index (χ1v) is 6.12. The van der Waals surface area contributed by atoms with Crippen LogP contribution in [0.3, 0.4) is 0 Å². The summed E-state index contributed by atoms with van der Waals surface area (Å²) in [6, 6.07) is 0. The lowest BCUT2D eigenvalue weighted by atomic mass is 9.90. The first-order valence-electron chi connectivity index (χ1n) is 6.12. The van der Waals surface area contributed by atoms with Crippen molar-refractivity contribution in [1.29, 1.82) is 0 Å². The third-order valence-corrected chi connectivity index (χ3v) is 3.25. The van der Waals surface area contributed by atoms with E-state index < -0.39 is 0 Å². The lowest BCUT2D eigenvalue weighted by Crippen LogP contribution is -2.45. The van der Waals surface area contributed by atoms with Crippen molar-refractivity contribution < 1.29 is 14.3 Å². The van der Waals surface area contributed by atoms with Gasteiger partial charge in [-0.05, 0) is 26.3 Å². The van der Waals surface area contributed by atoms with Gasteiger partial charge in [0, 0.05) is 20.8 Å². The third kappa shape index (κ3) is 3.68. The highest BCUT2D eigenvalue weighted by Crippen LogP contribution is 2.22. The average Bonchev–Trinajstić information content (AvgIpc) is 2.35. The topological polar surface area (TPSA) is 47.6 Å². The van der Waals surface area contributed by atoms with Crippen LogP contribution in [0, 0.1) is 5.92 Å². The Morgan fingerprint density at radius 1 is 1.44 bits per heavy atom. The van der Waals surface area contributed by atoms with Crippen molar-refractivity contribution in [1.82, 2.24) is 5.32 Å². The predicted molar refractivity (Wildman–Crippen MR) is 71.3 cm³/mol. The second kappa shape index (κ2) is 6.16. The molecular formula is C14H23NO3. The van der Waals surface area contributed by atoms with Crippen molar-refractivity contribution in [3.8, 4) is 0 Å². The van der Waals surface area contributed by atoms with E-state index in [1.807, 2.05) is 39.0 Å². The van der Waals surface area contributed by atoms with E-state index >= 15 is 0 Å². The average molecular weight is 253 g/mol. The summed E-state index contributed by atoms with van der Waals surface area (Å²) in [5.74, 6) is -0.302. The molecule has 1 aliphatic rings. The van der Waals surface area contributed by atoms with Crippen LogP contribution in [0.25, 0.3) is 0 Å². The van der Waals surface area contributed by atoms with Crippen molar-refractivity contribution in [3.63, 3.8) is 0 Å². The molecule has 0 aromatic rings. The van der Waals surface area contributed by atoms with Crippen LogP contribution < -0.4 is 5.32 Å². The number of hydrogen-bond acceptors (Lipinski definition) is 3. The highest BCUT2D eigenvalue weighted by Gasteiger charge is 2.30. The largest absolute Gasteiger partial charge is 0.377 e. The molecule has 1 aliphatic carbocycles. The van der Waals surface area contributed by atoms with Crippen molar-refractivity contribution in [2.75, 3.05) is 20.8 Å². The monoisotopic (exact) mass is 253 g/mol. The van der Waals surface area contributed by atoms with Crippen molar-refractivity contribution >= 4 is 5.91 Å². The molecule has 4 heteroatoms. The third-order valence-electron chi connectivity index (χ3n) is 3.25. The Hall–Kier alpha value is -1.13. The number of nitrogens with one attached hydrogen (secondary N) is 1. The van der Waals surface area contributed by atoms with Crippen molar-refractivity contribution in [2.24, 2.45) is 5.92 Å². The molecule has 0 aromatic heterocycles. The van der Waals surface area contributed by atoms with Gasteiger partial charge in [-0.15, -0.1) is 0 Å². The van der Waals surface area contributed by atoms with Crippen molar-refractivity contribution in [3.05, 3.63) is 23.8 Å². The van der Waals surface area contributed by atoms with Gasteiger partial charge in [0.2, 0.25) is 5.91 Å². The molecule has 0 radical (unpaired) electrons. The number of amides is 1. The molecule has 0 spiro atoms. The highest BCUT2D eigenvalue weighted by atomic mass is 16.5. The fourth-order valence-corrected chi connectivity index (χ4v) is 1.85. The molecule has 1 amide bonds. The lowest BCUT2D eigenvalue weighted by molar-refractivity contribution is -0.127. The molecule has 0 aromatic carbocycles. The number of methoxy groups -OCH3 is 2. The first-order chi connectivity index (χ1) is 8.41. The smallest absolute Gasteiger partial charge is 0.230 e. The van der Waals surface area contributed by atoms with Crippen LogP contribution in [0.15, 0.2) is 23.8 Å². The van der Waals surface area contributed by atoms with E-state index in [0.717, 1.165) is 5.57 Å². The standard InChI is InChI=1S/C14H23NO3/c1-10-7-6-8-11(12(10)17-4)13(16)15-9-14(2,3)18-5/h6-8,11-12H,9H2,1-5H3,(H,15,16). The fraction of sp³-hybridized carbons (Fsp3) is 0.643. The van der Waals surface area contributed by atoms with Gasteiger partial charge in [-0.2, -0.15) is 0 Å². The molecule has 2 unspecified atom stereocenters. The minimum atomic E-state index is -0.360. The SMILES string of the molecule is COC1C(C)=CC=CC1C(=O)NCC(C)(C)OC. The van der Waals surface area contributed by atoms with Gasteiger partial charge in [0.05, 0.1) is 17.6 Å². The van der Waals surface area contributed by atoms with E-state index in [0.29, 0.717) is 6.54 Å². The van der Waals surface area contributed by atoms with Crippen molar-refractivity contribution in [2.45, 2.75) is 32.5 Å². The molecule has 0 saturated carbocycles. The summed E-state index contributed by atoms with van der Waals surface area (Å²) < 4.78 is 10.7. The van der Waals surface area contributed by atoms with Gasteiger partial charge in [-0.3, -0.25) is 4.79 Å². The molecule has 2 atom stereocenters. The van der Waals surface area contributed by atoms with E-state index in [4.69, 9.17) is 9.47 Å². The number of carbonyl (C=O) groups excluding carboxylic acids is 1. The van der Waals surface area contributed by atoms with E-state index in [-0.39, 0.29) is 23.5 Å². The molecule has 4 nitrogen and oxygen atoms in total. The minimum absolute atomic E-state index is 0.0318. The normalized spacial score (nSPS) is 23.7. The molecule has 102 valence electrons. The summed E-state index contributed by atoms with van der Waals surface area (Å²) in [6.45, 7) is 6.31. The summed E-state index contributed by atoms with van der Waals surface area (Å²) in [4.78, 5) is 12.2. The molecule has 0 saturated heterocycles. The number of allylic oxidation sites excluding steroid dienone is 2. The number of hydrogen-bond donors (Lipinski definition) is 1. The number of carbonyl (C=O) groups is 1. The molecule has 1 rings (SSSR count). The van der Waals surface area contributed by atoms with Crippen LogP contribution in [0.1, 0.15) is 20.8 Å². The van der Waals surface area contributed by atoms with E-state index in [2.05, 4.69) is 5.32 Å². The molecule has 0 heterocycles. The maximum atomic E-state index is 12.2. The van der Waals surface area contributed by atoms with Crippen LogP contribution in [0.2, 0.25) is 0 Å². The zero-order chi connectivity index (χ0) is 13.8. The van der Waals surface area contributed by atoms with Gasteiger partial charge < -0.3 is 14.8 Å². The van der Waals surface area contributed by atoms with Crippen LogP contribution in [-0.4, -0.2) is 38.4 Å². The second-order valence-corrected chi connectivity index (χ2v) is 5.16. The fourth-order valence-electron chi connectivity index (χ4n) is 1.85. The van der Waals surface area contributed by atoms with Crippen LogP contribution in [0.4, 0.5) is 0 Å². The summed E-state index contributed by atoms with van der Waals surface area (Å²) in [6.07, 6.45) is 5.56. The van der Waals surface area contributed by atoms with E-state index in [1.54, 1.807) is 14.2 Å². The van der Waals surface area contributed by atoms with Crippen LogP contribution in [0.5, 0.6) is 0 Å². The lowest BCUT2D eigenvalue weighted by Gasteiger charge is -2.28. The van der Waals surface area contributed by atoms with Gasteiger partial charge in [-0.25, -0.2) is 0 Å². The van der Waals surface area contributed by atoms with E-state index in [1.165, 1.54) is 0 Å². The Balaban J connectivity index is 2.62. The first kappa shape index (κ1) is 14.9. The molecule has 1 N–H and O–H groups in total. The number of ether oxygens (including phenoxy) is 2.